The second-order valence-electron chi connectivity index (χ2n) is 9.07. The fourth-order valence-electron chi connectivity index (χ4n) is 4.52. The highest BCUT2D eigenvalue weighted by Gasteiger charge is 2.29. The summed E-state index contributed by atoms with van der Waals surface area (Å²) < 4.78 is 29.9. The number of carbonyl (C=O) groups is 2. The van der Waals surface area contributed by atoms with Crippen LogP contribution in [0.4, 0.5) is 20.3 Å². The van der Waals surface area contributed by atoms with Crippen LogP contribution in [0.15, 0.2) is 42.6 Å². The molecule has 9 nitrogen and oxygen atoms in total. The second-order valence-corrected chi connectivity index (χ2v) is 9.51. The van der Waals surface area contributed by atoms with Crippen molar-refractivity contribution in [2.45, 2.75) is 24.5 Å². The Hall–Kier alpha value is -3.70. The first-order chi connectivity index (χ1) is 17.6. The number of rotatable bonds is 6. The molecule has 0 unspecified atom stereocenters. The zero-order valence-electron chi connectivity index (χ0n) is 19.8. The summed E-state index contributed by atoms with van der Waals surface area (Å²) >= 11 is 4.78. The lowest BCUT2D eigenvalue weighted by Crippen LogP contribution is -2.33. The molecule has 0 aliphatic carbocycles. The zero-order valence-corrected chi connectivity index (χ0v) is 20.6. The lowest BCUT2D eigenvalue weighted by atomic mass is 10.1. The normalized spacial score (nSPS) is 17.6. The zero-order chi connectivity index (χ0) is 26.3. The monoisotopic (exact) mass is 531 g/mol. The van der Waals surface area contributed by atoms with Gasteiger partial charge in [0, 0.05) is 55.7 Å². The SMILES string of the molecule is CN1CCc2cc(-c3cc(C(=O)Nc4ccc(OC(F)(F)Cl)cc4)cnc3N3CC[C@H](O)C3)[nH]c2C1=O. The van der Waals surface area contributed by atoms with E-state index < -0.39 is 17.6 Å². The first-order valence-corrected chi connectivity index (χ1v) is 12.0. The summed E-state index contributed by atoms with van der Waals surface area (Å²) in [5.74, 6) is -0.136. The average molecular weight is 532 g/mol. The van der Waals surface area contributed by atoms with Crippen LogP contribution in [0.3, 0.4) is 0 Å². The Bertz CT molecular complexity index is 1340. The van der Waals surface area contributed by atoms with Gasteiger partial charge in [-0.3, -0.25) is 9.59 Å². The number of halogens is 3. The number of alkyl halides is 3. The number of anilines is 2. The molecule has 37 heavy (non-hydrogen) atoms. The molecule has 0 saturated carbocycles. The summed E-state index contributed by atoms with van der Waals surface area (Å²) in [5, 5.41) is 12.8. The summed E-state index contributed by atoms with van der Waals surface area (Å²) in [6.45, 7) is 1.62. The molecule has 1 saturated heterocycles. The van der Waals surface area contributed by atoms with Gasteiger partial charge in [0.25, 0.3) is 11.8 Å². The number of fused-ring (bicyclic) bond motifs is 1. The number of ether oxygens (including phenoxy) is 1. The third-order valence-corrected chi connectivity index (χ3v) is 6.48. The number of hydrogen-bond donors (Lipinski definition) is 3. The highest BCUT2D eigenvalue weighted by atomic mass is 35.5. The number of pyridine rings is 1. The number of nitrogens with zero attached hydrogens (tertiary/aromatic N) is 3. The van der Waals surface area contributed by atoms with E-state index in [4.69, 9.17) is 11.6 Å². The summed E-state index contributed by atoms with van der Waals surface area (Å²) in [6, 6.07) is 8.92. The van der Waals surface area contributed by atoms with Gasteiger partial charge < -0.3 is 29.9 Å². The van der Waals surface area contributed by atoms with Crippen LogP contribution < -0.4 is 15.0 Å². The van der Waals surface area contributed by atoms with Gasteiger partial charge in [-0.15, -0.1) is 8.78 Å². The Morgan fingerprint density at radius 1 is 1.27 bits per heavy atom. The van der Waals surface area contributed by atoms with Crippen LogP contribution in [0.2, 0.25) is 0 Å². The van der Waals surface area contributed by atoms with Crippen LogP contribution in [0.1, 0.15) is 32.8 Å². The molecule has 5 rings (SSSR count). The number of aliphatic hydroxyl groups excluding tert-OH is 1. The molecule has 194 valence electrons. The first-order valence-electron chi connectivity index (χ1n) is 11.7. The van der Waals surface area contributed by atoms with E-state index in [1.807, 2.05) is 11.0 Å². The number of β-amino-alcohol motifs (C(OH)–C–C–N with tert-alkyl or cyclic N) is 1. The topological polar surface area (TPSA) is 111 Å². The van der Waals surface area contributed by atoms with Gasteiger partial charge in [0.15, 0.2) is 0 Å². The Balaban J connectivity index is 1.44. The van der Waals surface area contributed by atoms with Crippen molar-refractivity contribution in [2.75, 3.05) is 36.9 Å². The van der Waals surface area contributed by atoms with E-state index in [1.165, 1.54) is 30.5 Å². The number of aliphatic hydroxyl groups is 1. The third kappa shape index (κ3) is 5.37. The van der Waals surface area contributed by atoms with Crippen molar-refractivity contribution < 1.29 is 28.2 Å². The number of H-pyrrole nitrogens is 1. The summed E-state index contributed by atoms with van der Waals surface area (Å²) in [6.07, 6.45) is 2.26. The van der Waals surface area contributed by atoms with Crippen LogP contribution in [0, 0.1) is 0 Å². The van der Waals surface area contributed by atoms with Crippen molar-refractivity contribution in [3.63, 3.8) is 0 Å². The standard InChI is InChI=1S/C25H24ClF2N5O4/c1-32-8-6-14-11-20(31-21(14)24(32)36)19-10-15(12-29-22(19)33-9-7-17(34)13-33)23(35)30-16-2-4-18(5-3-16)37-25(26,27)28/h2-5,10-12,17,31,34H,6-9,13H2,1H3,(H,30,35)/t17-/m0/s1. The number of hydrogen-bond acceptors (Lipinski definition) is 6. The molecule has 2 aromatic heterocycles. The van der Waals surface area contributed by atoms with Gasteiger partial charge in [0.05, 0.1) is 17.4 Å². The number of aromatic amines is 1. The molecule has 3 N–H and O–H groups in total. The molecule has 0 bridgehead atoms. The lowest BCUT2D eigenvalue weighted by Gasteiger charge is -2.21. The van der Waals surface area contributed by atoms with Gasteiger partial charge in [0.1, 0.15) is 17.3 Å². The Kier molecular flexibility index (Phi) is 6.50. The maximum atomic E-state index is 13.0. The number of nitrogens with one attached hydrogen (secondary N) is 2. The van der Waals surface area contributed by atoms with E-state index in [-0.39, 0.29) is 17.2 Å². The van der Waals surface area contributed by atoms with Gasteiger partial charge in [-0.2, -0.15) is 0 Å². The second kappa shape index (κ2) is 9.64. The minimum absolute atomic E-state index is 0.105. The van der Waals surface area contributed by atoms with E-state index in [2.05, 4.69) is 20.0 Å². The summed E-state index contributed by atoms with van der Waals surface area (Å²) in [4.78, 5) is 37.0. The molecular weight excluding hydrogens is 508 g/mol. The third-order valence-electron chi connectivity index (χ3n) is 6.40. The minimum atomic E-state index is -3.84. The lowest BCUT2D eigenvalue weighted by molar-refractivity contribution is -0.0964. The van der Waals surface area contributed by atoms with E-state index in [1.54, 1.807) is 18.0 Å². The molecule has 1 atom stereocenters. The molecule has 2 amide bonds. The van der Waals surface area contributed by atoms with Gasteiger partial charge in [-0.05, 0) is 54.8 Å². The van der Waals surface area contributed by atoms with Crippen molar-refractivity contribution in [2.24, 2.45) is 0 Å². The van der Waals surface area contributed by atoms with Crippen molar-refractivity contribution in [1.29, 1.82) is 0 Å². The molecule has 0 spiro atoms. The molecule has 3 aromatic rings. The van der Waals surface area contributed by atoms with Gasteiger partial charge >= 0.3 is 5.57 Å². The first kappa shape index (κ1) is 25.0. The number of benzene rings is 1. The molecule has 1 fully saturated rings. The fourth-order valence-corrected chi connectivity index (χ4v) is 4.61. The van der Waals surface area contributed by atoms with Crippen LogP contribution in [0.25, 0.3) is 11.3 Å². The highest BCUT2D eigenvalue weighted by Crippen LogP contribution is 2.34. The van der Waals surface area contributed by atoms with Crippen molar-refractivity contribution in [3.05, 3.63) is 59.4 Å². The van der Waals surface area contributed by atoms with Crippen molar-refractivity contribution in [1.82, 2.24) is 14.9 Å². The molecule has 2 aliphatic rings. The fraction of sp³-hybridized carbons (Fsp3) is 0.320. The van der Waals surface area contributed by atoms with E-state index >= 15 is 0 Å². The van der Waals surface area contributed by atoms with Crippen LogP contribution in [-0.2, 0) is 6.42 Å². The molecule has 2 aliphatic heterocycles. The number of carbonyl (C=O) groups excluding carboxylic acids is 2. The van der Waals surface area contributed by atoms with E-state index in [9.17, 15) is 23.5 Å². The number of aromatic nitrogens is 2. The van der Waals surface area contributed by atoms with Crippen molar-refractivity contribution in [3.8, 4) is 17.0 Å². The molecule has 1 aromatic carbocycles. The molecule has 4 heterocycles. The van der Waals surface area contributed by atoms with Gasteiger partial charge in [0.2, 0.25) is 0 Å². The van der Waals surface area contributed by atoms with Crippen LogP contribution >= 0.6 is 11.6 Å². The number of likely N-dealkylation sites (N-methyl/N-ethyl adjacent to an activating group) is 1. The minimum Gasteiger partial charge on any atom is -0.420 e. The summed E-state index contributed by atoms with van der Waals surface area (Å²) in [7, 11) is 1.75. The van der Waals surface area contributed by atoms with Crippen LogP contribution in [-0.4, -0.2) is 70.1 Å². The van der Waals surface area contributed by atoms with Gasteiger partial charge in [-0.25, -0.2) is 4.98 Å². The molecule has 12 heteroatoms. The summed E-state index contributed by atoms with van der Waals surface area (Å²) in [5.41, 5.74) is -0.553. The Labute approximate surface area is 216 Å². The Morgan fingerprint density at radius 3 is 2.70 bits per heavy atom. The number of amides is 2. The molecule has 0 radical (unpaired) electrons. The molecular formula is C25H24ClF2N5O4. The van der Waals surface area contributed by atoms with E-state index in [0.717, 1.165) is 5.56 Å². The van der Waals surface area contributed by atoms with E-state index in [0.29, 0.717) is 60.9 Å². The van der Waals surface area contributed by atoms with Gasteiger partial charge in [-0.1, -0.05) is 0 Å². The maximum Gasteiger partial charge on any atom is 0.487 e. The smallest absolute Gasteiger partial charge is 0.420 e. The largest absolute Gasteiger partial charge is 0.487 e. The Morgan fingerprint density at radius 2 is 2.03 bits per heavy atom. The average Bonchev–Trinajstić information content (AvgIpc) is 3.48. The van der Waals surface area contributed by atoms with Crippen LogP contribution in [0.5, 0.6) is 5.75 Å². The van der Waals surface area contributed by atoms with Crippen molar-refractivity contribution >= 4 is 34.9 Å². The highest BCUT2D eigenvalue weighted by molar-refractivity contribution is 6.20. The predicted octanol–water partition coefficient (Wildman–Crippen LogP) is 3.70. The predicted molar refractivity (Wildman–Crippen MR) is 133 cm³/mol. The maximum absolute atomic E-state index is 13.0. The quantitative estimate of drug-likeness (QED) is 0.418.